The van der Waals surface area contributed by atoms with Gasteiger partial charge in [-0.15, -0.1) is 11.3 Å². The van der Waals surface area contributed by atoms with Gasteiger partial charge >= 0.3 is 0 Å². The van der Waals surface area contributed by atoms with Gasteiger partial charge in [0.15, 0.2) is 10.7 Å². The molecular formula is C13H8BrFN2OS. The van der Waals surface area contributed by atoms with Gasteiger partial charge in [-0.3, -0.25) is 9.20 Å². The second-order valence-corrected chi connectivity index (χ2v) is 5.84. The van der Waals surface area contributed by atoms with E-state index in [4.69, 9.17) is 0 Å². The van der Waals surface area contributed by atoms with Gasteiger partial charge in [-0.25, -0.2) is 9.37 Å². The van der Waals surface area contributed by atoms with E-state index in [9.17, 15) is 9.18 Å². The first-order valence-electron chi connectivity index (χ1n) is 5.53. The van der Waals surface area contributed by atoms with Gasteiger partial charge in [-0.1, -0.05) is 15.9 Å². The standard InChI is InChI=1S/C13H8BrFN2OS/c14-8-1-2-10(11(15)5-8)12(18)6-9-7-17-3-4-19-13(17)16-9/h1-5,7H,6H2. The lowest BCUT2D eigenvalue weighted by Gasteiger charge is -2.01. The zero-order chi connectivity index (χ0) is 13.4. The van der Waals surface area contributed by atoms with E-state index in [-0.39, 0.29) is 17.8 Å². The van der Waals surface area contributed by atoms with Crippen molar-refractivity contribution in [2.24, 2.45) is 0 Å². The molecule has 1 aromatic carbocycles. The molecule has 0 amide bonds. The van der Waals surface area contributed by atoms with E-state index >= 15 is 0 Å². The molecule has 0 aliphatic carbocycles. The van der Waals surface area contributed by atoms with Crippen LogP contribution in [0.2, 0.25) is 0 Å². The summed E-state index contributed by atoms with van der Waals surface area (Å²) >= 11 is 4.66. The molecule has 3 rings (SSSR count). The number of nitrogens with zero attached hydrogens (tertiary/aromatic N) is 2. The van der Waals surface area contributed by atoms with Crippen LogP contribution >= 0.6 is 27.3 Å². The summed E-state index contributed by atoms with van der Waals surface area (Å²) in [5.41, 5.74) is 0.749. The Morgan fingerprint density at radius 1 is 1.47 bits per heavy atom. The quantitative estimate of drug-likeness (QED) is 0.682. The van der Waals surface area contributed by atoms with E-state index in [1.54, 1.807) is 12.3 Å². The lowest BCUT2D eigenvalue weighted by molar-refractivity contribution is 0.0988. The first-order valence-corrected chi connectivity index (χ1v) is 7.20. The summed E-state index contributed by atoms with van der Waals surface area (Å²) in [5, 5.41) is 1.92. The highest BCUT2D eigenvalue weighted by Crippen LogP contribution is 2.18. The highest BCUT2D eigenvalue weighted by Gasteiger charge is 2.14. The number of ketones is 1. The number of thiazole rings is 1. The number of rotatable bonds is 3. The molecule has 0 radical (unpaired) electrons. The van der Waals surface area contributed by atoms with E-state index in [1.807, 2.05) is 16.0 Å². The van der Waals surface area contributed by atoms with E-state index in [0.29, 0.717) is 10.2 Å². The monoisotopic (exact) mass is 338 g/mol. The molecule has 0 fully saturated rings. The molecule has 0 unspecified atom stereocenters. The maximum Gasteiger partial charge on any atom is 0.193 e. The molecule has 2 heterocycles. The number of fused-ring (bicyclic) bond motifs is 1. The van der Waals surface area contributed by atoms with Crippen LogP contribution in [0, 0.1) is 5.82 Å². The second kappa shape index (κ2) is 4.86. The number of hydrogen-bond acceptors (Lipinski definition) is 3. The fourth-order valence-corrected chi connectivity index (χ4v) is 2.89. The van der Waals surface area contributed by atoms with Gasteiger partial charge in [0.2, 0.25) is 0 Å². The maximum absolute atomic E-state index is 13.7. The molecule has 96 valence electrons. The third kappa shape index (κ3) is 2.46. The fourth-order valence-electron chi connectivity index (χ4n) is 1.84. The lowest BCUT2D eigenvalue weighted by atomic mass is 10.1. The van der Waals surface area contributed by atoms with Crippen LogP contribution in [0.15, 0.2) is 40.4 Å². The largest absolute Gasteiger partial charge is 0.297 e. The first-order chi connectivity index (χ1) is 9.13. The van der Waals surface area contributed by atoms with E-state index in [1.165, 1.54) is 23.5 Å². The summed E-state index contributed by atoms with van der Waals surface area (Å²) in [6.45, 7) is 0. The van der Waals surface area contributed by atoms with Crippen LogP contribution < -0.4 is 0 Å². The van der Waals surface area contributed by atoms with E-state index < -0.39 is 5.82 Å². The van der Waals surface area contributed by atoms with Crippen LogP contribution in [0.3, 0.4) is 0 Å². The Balaban J connectivity index is 1.86. The Kier molecular flexibility index (Phi) is 3.20. The summed E-state index contributed by atoms with van der Waals surface area (Å²) in [6.07, 6.45) is 3.77. The Labute approximate surface area is 120 Å². The van der Waals surface area contributed by atoms with Gasteiger partial charge < -0.3 is 0 Å². The summed E-state index contributed by atoms with van der Waals surface area (Å²) in [5.74, 6) is -0.781. The minimum Gasteiger partial charge on any atom is -0.297 e. The van der Waals surface area contributed by atoms with Crippen molar-refractivity contribution in [3.63, 3.8) is 0 Å². The second-order valence-electron chi connectivity index (χ2n) is 4.05. The zero-order valence-corrected chi connectivity index (χ0v) is 12.0. The number of Topliss-reactive ketones (excluding diaryl/α,β-unsaturated/α-hetero) is 1. The van der Waals surface area contributed by atoms with Crippen molar-refractivity contribution >= 4 is 38.0 Å². The van der Waals surface area contributed by atoms with Crippen molar-refractivity contribution in [3.8, 4) is 0 Å². The Morgan fingerprint density at radius 2 is 2.32 bits per heavy atom. The molecule has 0 saturated carbocycles. The average molecular weight is 339 g/mol. The molecule has 0 bridgehead atoms. The van der Waals surface area contributed by atoms with Crippen LogP contribution in [0.5, 0.6) is 0 Å². The van der Waals surface area contributed by atoms with Crippen LogP contribution in [-0.4, -0.2) is 15.2 Å². The molecule has 0 saturated heterocycles. The van der Waals surface area contributed by atoms with Gasteiger partial charge in [-0.05, 0) is 18.2 Å². The van der Waals surface area contributed by atoms with Crippen molar-refractivity contribution in [2.45, 2.75) is 6.42 Å². The molecule has 3 nitrogen and oxygen atoms in total. The van der Waals surface area contributed by atoms with Gasteiger partial charge in [0.1, 0.15) is 5.82 Å². The lowest BCUT2D eigenvalue weighted by Crippen LogP contribution is -2.06. The van der Waals surface area contributed by atoms with Crippen LogP contribution in [-0.2, 0) is 6.42 Å². The molecule has 0 aliphatic heterocycles. The van der Waals surface area contributed by atoms with Gasteiger partial charge in [0, 0.05) is 22.2 Å². The molecule has 2 aromatic heterocycles. The minimum absolute atomic E-state index is 0.0968. The molecular weight excluding hydrogens is 331 g/mol. The van der Waals surface area contributed by atoms with Gasteiger partial charge in [0.25, 0.3) is 0 Å². The molecule has 0 aliphatic rings. The number of carbonyl (C=O) groups excluding carboxylic acids is 1. The zero-order valence-electron chi connectivity index (χ0n) is 9.64. The third-order valence-electron chi connectivity index (χ3n) is 2.72. The average Bonchev–Trinajstić information content (AvgIpc) is 2.89. The Morgan fingerprint density at radius 3 is 3.05 bits per heavy atom. The molecule has 6 heteroatoms. The molecule has 3 aromatic rings. The van der Waals surface area contributed by atoms with Crippen molar-refractivity contribution in [1.82, 2.24) is 9.38 Å². The Bertz CT molecular complexity index is 736. The maximum atomic E-state index is 13.7. The van der Waals surface area contributed by atoms with Crippen molar-refractivity contribution in [1.29, 1.82) is 0 Å². The smallest absolute Gasteiger partial charge is 0.193 e. The Hall–Kier alpha value is -1.53. The van der Waals surface area contributed by atoms with Gasteiger partial charge in [0.05, 0.1) is 17.7 Å². The van der Waals surface area contributed by atoms with E-state index in [2.05, 4.69) is 20.9 Å². The molecule has 0 N–H and O–H groups in total. The molecule has 0 spiro atoms. The highest BCUT2D eigenvalue weighted by molar-refractivity contribution is 9.10. The van der Waals surface area contributed by atoms with E-state index in [0.717, 1.165) is 4.96 Å². The van der Waals surface area contributed by atoms with Crippen LogP contribution in [0.25, 0.3) is 4.96 Å². The van der Waals surface area contributed by atoms with Gasteiger partial charge in [-0.2, -0.15) is 0 Å². The van der Waals surface area contributed by atoms with Crippen molar-refractivity contribution in [2.75, 3.05) is 0 Å². The number of hydrogen-bond donors (Lipinski definition) is 0. The molecule has 19 heavy (non-hydrogen) atoms. The van der Waals surface area contributed by atoms with Crippen molar-refractivity contribution < 1.29 is 9.18 Å². The third-order valence-corrected chi connectivity index (χ3v) is 3.98. The first kappa shape index (κ1) is 12.5. The number of carbonyl (C=O) groups is 1. The van der Waals surface area contributed by atoms with Crippen LogP contribution in [0.1, 0.15) is 16.1 Å². The number of benzene rings is 1. The highest BCUT2D eigenvalue weighted by atomic mass is 79.9. The van der Waals surface area contributed by atoms with Crippen molar-refractivity contribution in [3.05, 3.63) is 57.5 Å². The number of imidazole rings is 1. The minimum atomic E-state index is -0.514. The predicted octanol–water partition coefficient (Wildman–Crippen LogP) is 3.72. The predicted molar refractivity (Wildman–Crippen MR) is 75.2 cm³/mol. The SMILES string of the molecule is O=C(Cc1cn2ccsc2n1)c1ccc(Br)cc1F. The van der Waals surface area contributed by atoms with Crippen LogP contribution in [0.4, 0.5) is 4.39 Å². The topological polar surface area (TPSA) is 34.4 Å². The summed E-state index contributed by atoms with van der Waals surface area (Å²) in [7, 11) is 0. The fraction of sp³-hybridized carbons (Fsp3) is 0.0769. The molecule has 0 atom stereocenters. The summed E-state index contributed by atoms with van der Waals surface area (Å²) < 4.78 is 16.1. The normalized spacial score (nSPS) is 11.1. The number of halogens is 2. The summed E-state index contributed by atoms with van der Waals surface area (Å²) in [4.78, 5) is 17.2. The summed E-state index contributed by atoms with van der Waals surface area (Å²) in [6, 6.07) is 4.43. The number of aromatic nitrogens is 2.